The van der Waals surface area contributed by atoms with Gasteiger partial charge in [0, 0.05) is 50.8 Å². The standard InChI is InChI=1S/C24H26N2O6S2.C23H16ClFN2O6S2.C22H23NO6S2.C18H13F2NO5S2/c27-22(28)15-33-21-14-20(19-8-5-13-25-23(19)24(21)29)26-34(30,31)18-11-9-17(10-12-18)32-16-6-3-1-2-4-7-16;24-17-10-14(5-8-18(17)25)33-13-3-6-15(7-4-13)35(31,32)27-19-11-20(34-12-21(28)29)23(30)22-16(19)2-1-9-26-22;1-12-7-14(3)20(8-13(12)2)31(27,28)23-18-10-19(30-11-21(24)25)22(26)16-6-5-15(29-4)9-17(16)18;19-10-1-4-12(5-2-10)28(25,26)21-15-8-16(27-9-17(22)23)18(24)14-7-11(20)3-6-13(14)15/h5,8-14,16,26,29H,1-4,6-7,15H2,(H,27,28);1-11,27,30H,12H2,(H,28,29);5-10,23,26H,11H2,1-4H3,(H,24,25);1-8,21,24H,9H2,(H,22,23). The molecule has 128 heavy (non-hydrogen) atoms. The molecule has 0 bridgehead atoms. The second-order valence-corrected chi connectivity index (χ2v) is 39.3. The Kier molecular flexibility index (Phi) is 31.7. The zero-order valence-corrected chi connectivity index (χ0v) is 74.9. The number of hydrogen-bond acceptors (Lipinski definition) is 25. The van der Waals surface area contributed by atoms with Crippen LogP contribution in [0.3, 0.4) is 0 Å². The fourth-order valence-electron chi connectivity index (χ4n) is 12.9. The van der Waals surface area contributed by atoms with E-state index in [1.54, 1.807) is 67.6 Å². The first-order chi connectivity index (χ1) is 60.7. The lowest BCUT2D eigenvalue weighted by Crippen LogP contribution is -2.16. The van der Waals surface area contributed by atoms with Crippen molar-refractivity contribution in [1.82, 2.24) is 9.97 Å². The molecule has 41 heteroatoms. The van der Waals surface area contributed by atoms with E-state index in [0.717, 1.165) is 126 Å². The molecule has 0 spiro atoms. The van der Waals surface area contributed by atoms with E-state index in [1.165, 1.54) is 111 Å². The number of carbonyl (C=O) groups is 4. The molecular formula is C87H78ClF3N6O23S8. The van der Waals surface area contributed by atoms with Crippen LogP contribution < -0.4 is 33.1 Å². The van der Waals surface area contributed by atoms with Crippen molar-refractivity contribution in [2.45, 2.75) is 105 Å². The van der Waals surface area contributed by atoms with Crippen LogP contribution in [-0.2, 0) is 59.3 Å². The number of anilines is 4. The van der Waals surface area contributed by atoms with Crippen molar-refractivity contribution >= 4 is 189 Å². The number of carboxylic acid groups (broad SMARTS) is 4. The minimum absolute atomic E-state index is 0.0185. The molecule has 13 aromatic rings. The first kappa shape index (κ1) is 96.4. The molecule has 2 heterocycles. The molecule has 0 radical (unpaired) electrons. The van der Waals surface area contributed by atoms with Crippen LogP contribution in [0.15, 0.2) is 240 Å². The number of phenolic OH excluding ortho intramolecular Hbond substituents is 4. The third-order valence-corrected chi connectivity index (χ3v) is 29.1. The number of rotatable bonds is 29. The van der Waals surface area contributed by atoms with Gasteiger partial charge in [0.15, 0.2) is 11.5 Å². The van der Waals surface area contributed by atoms with Gasteiger partial charge in [0.1, 0.15) is 63.0 Å². The van der Waals surface area contributed by atoms with Crippen molar-refractivity contribution in [3.63, 3.8) is 0 Å². The van der Waals surface area contributed by atoms with Crippen LogP contribution >= 0.6 is 58.6 Å². The summed E-state index contributed by atoms with van der Waals surface area (Å²) in [6.45, 7) is 5.49. The van der Waals surface area contributed by atoms with E-state index in [4.69, 9.17) is 46.2 Å². The normalized spacial score (nSPS) is 12.4. The molecule has 12 N–H and O–H groups in total. The lowest BCUT2D eigenvalue weighted by molar-refractivity contribution is -0.134. The molecule has 1 fully saturated rings. The molecule has 11 aromatic carbocycles. The summed E-state index contributed by atoms with van der Waals surface area (Å²) in [5, 5.41) is 79.5. The van der Waals surface area contributed by atoms with Crippen molar-refractivity contribution in [1.29, 1.82) is 0 Å². The second kappa shape index (κ2) is 42.1. The Labute approximate surface area is 753 Å². The number of phenols is 4. The van der Waals surface area contributed by atoms with Crippen LogP contribution in [0.25, 0.3) is 43.4 Å². The van der Waals surface area contributed by atoms with Gasteiger partial charge in [-0.15, -0.1) is 47.0 Å². The molecule has 1 aliphatic carbocycles. The van der Waals surface area contributed by atoms with Crippen LogP contribution in [-0.4, -0.2) is 145 Å². The summed E-state index contributed by atoms with van der Waals surface area (Å²) in [4.78, 5) is 52.6. The highest BCUT2D eigenvalue weighted by Crippen LogP contribution is 2.46. The van der Waals surface area contributed by atoms with E-state index in [-0.39, 0.29) is 141 Å². The zero-order valence-electron chi connectivity index (χ0n) is 67.6. The third-order valence-electron chi connectivity index (χ3n) is 19.1. The number of hydrogen-bond donors (Lipinski definition) is 12. The predicted molar refractivity (Wildman–Crippen MR) is 485 cm³/mol. The Bertz CT molecular complexity index is 6900. The maximum atomic E-state index is 13.6. The molecule has 29 nitrogen and oxygen atoms in total. The number of ether oxygens (including phenoxy) is 3. The Morgan fingerprint density at radius 3 is 1.26 bits per heavy atom. The number of fused-ring (bicyclic) bond motifs is 4. The average molecular weight is 1920 g/mol. The van der Waals surface area contributed by atoms with Gasteiger partial charge in [-0.1, -0.05) is 30.5 Å². The number of methoxy groups -OCH3 is 1. The number of aromatic nitrogens is 2. The van der Waals surface area contributed by atoms with Gasteiger partial charge in [-0.2, -0.15) is 0 Å². The lowest BCUT2D eigenvalue weighted by Gasteiger charge is -2.17. The highest BCUT2D eigenvalue weighted by molar-refractivity contribution is 8.01. The third kappa shape index (κ3) is 24.7. The van der Waals surface area contributed by atoms with Gasteiger partial charge in [0.25, 0.3) is 40.1 Å². The highest BCUT2D eigenvalue weighted by Gasteiger charge is 2.28. The molecule has 670 valence electrons. The van der Waals surface area contributed by atoms with Crippen LogP contribution in [0.4, 0.5) is 35.9 Å². The minimum Gasteiger partial charge on any atom is -0.506 e. The Morgan fingerprint density at radius 2 is 0.797 bits per heavy atom. The molecule has 0 atom stereocenters. The molecule has 0 aliphatic heterocycles. The SMILES string of the molecule is COc1ccc2c(O)c(SCC(=O)O)cc(NS(=O)(=O)c3cc(C)c(C)cc3C)c2c1.O=C(O)CSc1cc(NS(=O)(=O)c2ccc(F)cc2)c2ccc(F)cc2c1O.O=C(O)CSc1cc(NS(=O)(=O)c2ccc(OC3CCCCCC3)cc2)c2cccnc2c1O.O=C(O)CSc1cc(NS(=O)(=O)c2ccc(Oc3ccc(F)c(Cl)c3)cc2)c2cccnc2c1O. The van der Waals surface area contributed by atoms with E-state index >= 15 is 0 Å². The van der Waals surface area contributed by atoms with Crippen LogP contribution in [0.2, 0.25) is 5.02 Å². The number of pyridine rings is 2. The Balaban J connectivity index is 0.000000166. The lowest BCUT2D eigenvalue weighted by atomic mass is 10.1. The number of nitrogens with zero attached hydrogens (tertiary/aromatic N) is 2. The molecule has 0 amide bonds. The first-order valence-corrected chi connectivity index (χ1v) is 48.3. The number of halogens is 4. The fraction of sp³-hybridized carbons (Fsp3) is 0.172. The largest absolute Gasteiger partial charge is 0.506 e. The molecule has 2 aromatic heterocycles. The summed E-state index contributed by atoms with van der Waals surface area (Å²) in [5.74, 6) is -6.68. The number of benzene rings is 11. The molecule has 14 rings (SSSR count). The number of aryl methyl sites for hydroxylation is 3. The van der Waals surface area contributed by atoms with Gasteiger partial charge < -0.3 is 55.1 Å². The fourth-order valence-corrected chi connectivity index (χ4v) is 20.5. The summed E-state index contributed by atoms with van der Waals surface area (Å²) in [6, 6.07) is 43.4. The van der Waals surface area contributed by atoms with Gasteiger partial charge in [-0.3, -0.25) is 48.0 Å². The Hall–Kier alpha value is -12.3. The smallest absolute Gasteiger partial charge is 0.313 e. The van der Waals surface area contributed by atoms with Gasteiger partial charge >= 0.3 is 23.9 Å². The quantitative estimate of drug-likeness (QED) is 0.0118. The van der Waals surface area contributed by atoms with E-state index in [0.29, 0.717) is 44.4 Å². The monoisotopic (exact) mass is 1920 g/mol. The maximum absolute atomic E-state index is 13.6. The van der Waals surface area contributed by atoms with Crippen molar-refractivity contribution in [2.24, 2.45) is 0 Å². The van der Waals surface area contributed by atoms with Crippen molar-refractivity contribution in [2.75, 3.05) is 49.0 Å². The summed E-state index contributed by atoms with van der Waals surface area (Å²) in [5.41, 5.74) is 3.32. The second-order valence-electron chi connectivity index (χ2n) is 28.1. The number of sulfonamides is 4. The Morgan fingerprint density at radius 1 is 0.406 bits per heavy atom. The van der Waals surface area contributed by atoms with Gasteiger partial charge in [0.05, 0.1) is 103 Å². The van der Waals surface area contributed by atoms with Crippen molar-refractivity contribution in [3.05, 3.63) is 240 Å². The van der Waals surface area contributed by atoms with Gasteiger partial charge in [-0.25, -0.2) is 46.8 Å². The molecule has 0 unspecified atom stereocenters. The van der Waals surface area contributed by atoms with E-state index < -0.39 is 87.2 Å². The van der Waals surface area contributed by atoms with Crippen molar-refractivity contribution < 1.29 is 121 Å². The average Bonchev–Trinajstić information content (AvgIpc) is 0.777. The van der Waals surface area contributed by atoms with Crippen molar-refractivity contribution in [3.8, 4) is 46.0 Å². The maximum Gasteiger partial charge on any atom is 0.313 e. The zero-order chi connectivity index (χ0) is 92.7. The molecule has 1 aliphatic rings. The summed E-state index contributed by atoms with van der Waals surface area (Å²) < 4.78 is 171. The molecular weight excluding hydrogens is 1850 g/mol. The summed E-state index contributed by atoms with van der Waals surface area (Å²) >= 11 is 9.13. The highest BCUT2D eigenvalue weighted by atomic mass is 35.5. The number of aliphatic carboxylic acids is 4. The number of thioether (sulfide) groups is 4. The van der Waals surface area contributed by atoms with Crippen LogP contribution in [0.5, 0.6) is 46.0 Å². The van der Waals surface area contributed by atoms with Crippen LogP contribution in [0, 0.1) is 38.2 Å². The number of nitrogens with one attached hydrogen (secondary N) is 4. The predicted octanol–water partition coefficient (Wildman–Crippen LogP) is 18.8. The number of carboxylic acids is 4. The molecule has 1 saturated carbocycles. The minimum atomic E-state index is -4.11. The number of aromatic hydroxyl groups is 4. The topological polar surface area (TPSA) is 468 Å². The first-order valence-electron chi connectivity index (χ1n) is 38.0. The summed E-state index contributed by atoms with van der Waals surface area (Å²) in [7, 11) is -14.6. The molecule has 0 saturated heterocycles. The van der Waals surface area contributed by atoms with E-state index in [2.05, 4.69) is 28.9 Å². The summed E-state index contributed by atoms with van der Waals surface area (Å²) in [6.07, 6.45) is 9.80. The van der Waals surface area contributed by atoms with E-state index in [9.17, 15) is 86.4 Å². The van der Waals surface area contributed by atoms with Crippen LogP contribution in [0.1, 0.15) is 55.2 Å². The van der Waals surface area contributed by atoms with Gasteiger partial charge in [0.2, 0.25) is 0 Å². The van der Waals surface area contributed by atoms with E-state index in [1.807, 2.05) is 19.9 Å². The van der Waals surface area contributed by atoms with Gasteiger partial charge in [-0.05, 0) is 239 Å².